The van der Waals surface area contributed by atoms with Gasteiger partial charge >= 0.3 is 6.03 Å². The predicted octanol–water partition coefficient (Wildman–Crippen LogP) is 2.08. The minimum absolute atomic E-state index is 0.143. The van der Waals surface area contributed by atoms with Gasteiger partial charge < -0.3 is 10.2 Å². The summed E-state index contributed by atoms with van der Waals surface area (Å²) in [7, 11) is 0. The number of amides is 2. The second kappa shape index (κ2) is 5.23. The summed E-state index contributed by atoms with van der Waals surface area (Å²) in [5, 5.41) is 2.90. The number of hydrogen-bond acceptors (Lipinski definition) is 1. The number of likely N-dealkylation sites (tertiary alicyclic amines) is 1. The Bertz CT molecular complexity index is 184. The molecule has 1 aliphatic carbocycles. The second-order valence-corrected chi connectivity index (χ2v) is 3.89. The monoisotopic (exact) mass is 198 g/mol. The molecule has 2 aliphatic rings. The fourth-order valence-corrected chi connectivity index (χ4v) is 1.91. The molecule has 2 fully saturated rings. The Balaban J connectivity index is 0.000000461. The van der Waals surface area contributed by atoms with E-state index in [9.17, 15) is 4.79 Å². The number of carbonyl (C=O) groups is 1. The van der Waals surface area contributed by atoms with E-state index in [2.05, 4.69) is 12.2 Å². The summed E-state index contributed by atoms with van der Waals surface area (Å²) in [4.78, 5) is 13.3. The van der Waals surface area contributed by atoms with Crippen molar-refractivity contribution in [2.24, 2.45) is 11.8 Å². The predicted molar refractivity (Wildman–Crippen MR) is 58.2 cm³/mol. The maximum atomic E-state index is 11.4. The Morgan fingerprint density at radius 2 is 1.93 bits per heavy atom. The Labute approximate surface area is 86.9 Å². The van der Waals surface area contributed by atoms with Crippen molar-refractivity contribution < 1.29 is 4.79 Å². The van der Waals surface area contributed by atoms with Crippen LogP contribution in [0.15, 0.2) is 0 Å². The summed E-state index contributed by atoms with van der Waals surface area (Å²) in [5.74, 6) is 1.69. The van der Waals surface area contributed by atoms with Crippen LogP contribution in [0.3, 0.4) is 0 Å². The number of rotatable bonds is 2. The maximum Gasteiger partial charge on any atom is 0.317 e. The Hall–Kier alpha value is -0.730. The van der Waals surface area contributed by atoms with Crippen LogP contribution >= 0.6 is 0 Å². The van der Waals surface area contributed by atoms with Gasteiger partial charge in [-0.05, 0) is 24.7 Å². The van der Waals surface area contributed by atoms with Crippen molar-refractivity contribution in [2.75, 3.05) is 19.6 Å². The summed E-state index contributed by atoms with van der Waals surface area (Å²) in [6.07, 6.45) is 2.38. The van der Waals surface area contributed by atoms with E-state index in [1.807, 2.05) is 18.7 Å². The molecule has 2 unspecified atom stereocenters. The van der Waals surface area contributed by atoms with Crippen molar-refractivity contribution in [2.45, 2.75) is 33.6 Å². The van der Waals surface area contributed by atoms with E-state index in [4.69, 9.17) is 0 Å². The molecule has 0 bridgehead atoms. The highest BCUT2D eigenvalue weighted by molar-refractivity contribution is 5.74. The van der Waals surface area contributed by atoms with Gasteiger partial charge in [0.2, 0.25) is 0 Å². The maximum absolute atomic E-state index is 11.4. The molecule has 0 aromatic carbocycles. The summed E-state index contributed by atoms with van der Waals surface area (Å²) >= 11 is 0. The van der Waals surface area contributed by atoms with Crippen LogP contribution in [0.25, 0.3) is 0 Å². The summed E-state index contributed by atoms with van der Waals surface area (Å²) in [6, 6.07) is 0.143. The van der Waals surface area contributed by atoms with E-state index < -0.39 is 0 Å². The highest BCUT2D eigenvalue weighted by Gasteiger charge is 2.46. The lowest BCUT2D eigenvalue weighted by Crippen LogP contribution is -2.39. The smallest absolute Gasteiger partial charge is 0.317 e. The molecular formula is C11H22N2O. The van der Waals surface area contributed by atoms with E-state index >= 15 is 0 Å². The van der Waals surface area contributed by atoms with Crippen molar-refractivity contribution in [3.05, 3.63) is 0 Å². The molecule has 0 aromatic heterocycles. The fourth-order valence-electron chi connectivity index (χ4n) is 1.91. The van der Waals surface area contributed by atoms with Crippen LogP contribution in [0, 0.1) is 11.8 Å². The van der Waals surface area contributed by atoms with Crippen LogP contribution in [-0.2, 0) is 0 Å². The van der Waals surface area contributed by atoms with Crippen LogP contribution < -0.4 is 5.32 Å². The van der Waals surface area contributed by atoms with Gasteiger partial charge in [-0.1, -0.05) is 20.8 Å². The summed E-state index contributed by atoms with van der Waals surface area (Å²) in [5.41, 5.74) is 0. The Morgan fingerprint density at radius 1 is 1.36 bits per heavy atom. The fraction of sp³-hybridized carbons (Fsp3) is 0.909. The first-order valence-corrected chi connectivity index (χ1v) is 5.84. The van der Waals surface area contributed by atoms with Gasteiger partial charge in [-0.3, -0.25) is 0 Å². The zero-order valence-electron chi connectivity index (χ0n) is 9.55. The highest BCUT2D eigenvalue weighted by atomic mass is 16.2. The van der Waals surface area contributed by atoms with Crippen molar-refractivity contribution in [1.82, 2.24) is 10.2 Å². The molecule has 1 saturated carbocycles. The lowest BCUT2D eigenvalue weighted by Gasteiger charge is -2.18. The molecule has 1 heterocycles. The Morgan fingerprint density at radius 3 is 2.43 bits per heavy atom. The zero-order chi connectivity index (χ0) is 10.6. The number of fused-ring (bicyclic) bond motifs is 1. The number of nitrogens with zero attached hydrogens (tertiary/aromatic N) is 1. The van der Waals surface area contributed by atoms with E-state index in [1.165, 1.54) is 6.42 Å². The number of hydrogen-bond donors (Lipinski definition) is 1. The molecule has 2 atom stereocenters. The third kappa shape index (κ3) is 2.63. The summed E-state index contributed by atoms with van der Waals surface area (Å²) < 4.78 is 0. The van der Waals surface area contributed by atoms with Gasteiger partial charge in [-0.25, -0.2) is 4.79 Å². The first-order chi connectivity index (χ1) is 6.81. The van der Waals surface area contributed by atoms with Gasteiger partial charge in [0.25, 0.3) is 0 Å². The minimum Gasteiger partial charge on any atom is -0.338 e. The quantitative estimate of drug-likeness (QED) is 0.724. The molecular weight excluding hydrogens is 176 g/mol. The van der Waals surface area contributed by atoms with Crippen LogP contribution in [0.5, 0.6) is 0 Å². The van der Waals surface area contributed by atoms with Crippen LogP contribution in [-0.4, -0.2) is 30.6 Å². The van der Waals surface area contributed by atoms with E-state index in [-0.39, 0.29) is 6.03 Å². The third-order valence-electron chi connectivity index (χ3n) is 2.79. The molecule has 2 amide bonds. The van der Waals surface area contributed by atoms with Crippen LogP contribution in [0.2, 0.25) is 0 Å². The number of carbonyl (C=O) groups excluding carboxylic acids is 1. The van der Waals surface area contributed by atoms with Gasteiger partial charge in [0.15, 0.2) is 0 Å². The topological polar surface area (TPSA) is 32.3 Å². The minimum atomic E-state index is 0.143. The van der Waals surface area contributed by atoms with Gasteiger partial charge in [-0.15, -0.1) is 0 Å². The van der Waals surface area contributed by atoms with Gasteiger partial charge in [0, 0.05) is 19.6 Å². The van der Waals surface area contributed by atoms with Gasteiger partial charge in [0.1, 0.15) is 0 Å². The first kappa shape index (κ1) is 11.3. The molecule has 0 spiro atoms. The van der Waals surface area contributed by atoms with Crippen molar-refractivity contribution in [3.8, 4) is 0 Å². The molecule has 14 heavy (non-hydrogen) atoms. The van der Waals surface area contributed by atoms with E-state index in [0.717, 1.165) is 37.9 Å². The Kier molecular flexibility index (Phi) is 4.23. The lowest BCUT2D eigenvalue weighted by molar-refractivity contribution is 0.204. The lowest BCUT2D eigenvalue weighted by atomic mass is 10.4. The molecule has 1 aliphatic heterocycles. The molecule has 3 heteroatoms. The first-order valence-electron chi connectivity index (χ1n) is 5.84. The van der Waals surface area contributed by atoms with Gasteiger partial charge in [0.05, 0.1) is 0 Å². The van der Waals surface area contributed by atoms with Crippen LogP contribution in [0.4, 0.5) is 4.79 Å². The molecule has 1 N–H and O–H groups in total. The SMILES string of the molecule is CC.CCCNC(=O)N1CC2CC2C1. The molecule has 0 aromatic rings. The molecule has 3 nitrogen and oxygen atoms in total. The van der Waals surface area contributed by atoms with Crippen molar-refractivity contribution in [1.29, 1.82) is 0 Å². The summed E-state index contributed by atoms with van der Waals surface area (Å²) in [6.45, 7) is 8.88. The average molecular weight is 198 g/mol. The third-order valence-corrected chi connectivity index (χ3v) is 2.79. The van der Waals surface area contributed by atoms with E-state index in [1.54, 1.807) is 0 Å². The number of piperidine rings is 1. The molecule has 0 radical (unpaired) electrons. The molecule has 82 valence electrons. The standard InChI is InChI=1S/C9H16N2O.C2H6/c1-2-3-10-9(12)11-5-7-4-8(7)6-11;1-2/h7-8H,2-6H2,1H3,(H,10,12);1-2H3. The normalized spacial score (nSPS) is 27.5. The molecule has 2 rings (SSSR count). The largest absolute Gasteiger partial charge is 0.338 e. The van der Waals surface area contributed by atoms with Crippen molar-refractivity contribution in [3.63, 3.8) is 0 Å². The highest BCUT2D eigenvalue weighted by Crippen LogP contribution is 2.44. The van der Waals surface area contributed by atoms with Crippen LogP contribution in [0.1, 0.15) is 33.6 Å². The molecule has 1 saturated heterocycles. The van der Waals surface area contributed by atoms with E-state index in [0.29, 0.717) is 0 Å². The average Bonchev–Trinajstić information content (AvgIpc) is 2.85. The second-order valence-electron chi connectivity index (χ2n) is 3.89. The number of urea groups is 1. The zero-order valence-corrected chi connectivity index (χ0v) is 9.55. The van der Waals surface area contributed by atoms with Crippen molar-refractivity contribution >= 4 is 6.03 Å². The number of nitrogens with one attached hydrogen (secondary N) is 1. The van der Waals surface area contributed by atoms with Gasteiger partial charge in [-0.2, -0.15) is 0 Å².